The van der Waals surface area contributed by atoms with E-state index in [0.29, 0.717) is 0 Å². The predicted molar refractivity (Wildman–Crippen MR) is 44.9 cm³/mol. The minimum atomic E-state index is -1.16. The largest absolute Gasteiger partial charge is 0.598 e. The number of hydroxylamine groups is 4. The summed E-state index contributed by atoms with van der Waals surface area (Å²) in [5, 5.41) is 20.1. The number of hydrogen-bond acceptors (Lipinski definition) is 2. The second-order valence-electron chi connectivity index (χ2n) is 2.75. The first-order valence-corrected chi connectivity index (χ1v) is 4.04. The van der Waals surface area contributed by atoms with Crippen molar-refractivity contribution >= 4 is 0 Å². The van der Waals surface area contributed by atoms with Gasteiger partial charge in [0.1, 0.15) is 13.1 Å². The van der Waals surface area contributed by atoms with Gasteiger partial charge in [0.15, 0.2) is 0 Å². The van der Waals surface area contributed by atoms with Crippen molar-refractivity contribution in [3.8, 4) is 0 Å². The van der Waals surface area contributed by atoms with Gasteiger partial charge in [-0.15, -0.1) is 0 Å². The van der Waals surface area contributed by atoms with Gasteiger partial charge in [0.05, 0.1) is 0 Å². The zero-order valence-electron chi connectivity index (χ0n) is 7.12. The maximum absolute atomic E-state index is 11.0. The van der Waals surface area contributed by atoms with Crippen molar-refractivity contribution in [1.82, 2.24) is 0 Å². The van der Waals surface area contributed by atoms with E-state index in [-0.39, 0.29) is 13.1 Å². The second-order valence-corrected chi connectivity index (χ2v) is 2.75. The molecule has 3 heteroatoms. The summed E-state index contributed by atoms with van der Waals surface area (Å²) >= 11 is 0. The van der Waals surface area contributed by atoms with Crippen LogP contribution in [0.25, 0.3) is 0 Å². The molecule has 1 atom stereocenters. The second kappa shape index (κ2) is 5.29. The molecule has 0 heterocycles. The Morgan fingerprint density at radius 2 is 2.18 bits per heavy atom. The van der Waals surface area contributed by atoms with E-state index in [1.807, 2.05) is 0 Å². The lowest BCUT2D eigenvalue weighted by Crippen LogP contribution is -2.39. The predicted octanol–water partition coefficient (Wildman–Crippen LogP) is 2.07. The zero-order valence-corrected chi connectivity index (χ0v) is 7.12. The molecule has 1 N–H and O–H groups in total. The molecule has 0 aliphatic carbocycles. The Kier molecular flexibility index (Phi) is 5.11. The van der Waals surface area contributed by atoms with Crippen molar-refractivity contribution in [2.24, 2.45) is 0 Å². The van der Waals surface area contributed by atoms with E-state index in [0.717, 1.165) is 19.3 Å². The normalized spacial score (nSPS) is 15.9. The molecule has 1 unspecified atom stereocenters. The van der Waals surface area contributed by atoms with Gasteiger partial charge in [0, 0.05) is 0 Å². The summed E-state index contributed by atoms with van der Waals surface area (Å²) in [4.78, 5) is -1.16. The number of unbranched alkanes of at least 4 members (excludes halogenated alkanes) is 2. The first kappa shape index (κ1) is 10.6. The quantitative estimate of drug-likeness (QED) is 0.279. The molecule has 0 bridgehead atoms. The van der Waals surface area contributed by atoms with Crippen LogP contribution in [0.15, 0.2) is 12.7 Å². The Bertz CT molecular complexity index is 113. The average Bonchev–Trinajstić information content (AvgIpc) is 1.87. The van der Waals surface area contributed by atoms with Gasteiger partial charge in [0.25, 0.3) is 0 Å². The van der Waals surface area contributed by atoms with Crippen LogP contribution in [-0.2, 0) is 0 Å². The monoisotopic (exact) mass is 159 g/mol. The third kappa shape index (κ3) is 6.04. The highest BCUT2D eigenvalue weighted by Crippen LogP contribution is 2.03. The summed E-state index contributed by atoms with van der Waals surface area (Å²) in [7, 11) is 0. The Balaban J connectivity index is 3.45. The molecule has 3 nitrogen and oxygen atoms in total. The van der Waals surface area contributed by atoms with Crippen LogP contribution in [0.2, 0.25) is 0 Å². The molecule has 0 saturated carbocycles. The van der Waals surface area contributed by atoms with E-state index in [1.54, 1.807) is 0 Å². The molecular formula is C8H17NO2. The molecule has 0 amide bonds. The lowest BCUT2D eigenvalue weighted by atomic mass is 10.2. The van der Waals surface area contributed by atoms with Gasteiger partial charge in [-0.25, -0.2) is 10.0 Å². The molecule has 0 radical (unpaired) electrons. The number of quaternary nitrogens is 1. The molecule has 0 aliphatic rings. The topological polar surface area (TPSA) is 43.3 Å². The van der Waals surface area contributed by atoms with Crippen LogP contribution in [0.4, 0.5) is 0 Å². The van der Waals surface area contributed by atoms with E-state index in [4.69, 9.17) is 5.21 Å². The lowest BCUT2D eigenvalue weighted by molar-refractivity contribution is -1.06. The van der Waals surface area contributed by atoms with Crippen LogP contribution in [-0.4, -0.2) is 23.1 Å². The van der Waals surface area contributed by atoms with Crippen molar-refractivity contribution < 1.29 is 10.0 Å². The summed E-state index contributed by atoms with van der Waals surface area (Å²) in [6.07, 6.45) is 4.29. The van der Waals surface area contributed by atoms with Gasteiger partial charge in [0.2, 0.25) is 0 Å². The molecule has 0 spiro atoms. The van der Waals surface area contributed by atoms with E-state index in [1.165, 1.54) is 6.08 Å². The van der Waals surface area contributed by atoms with E-state index in [9.17, 15) is 5.21 Å². The summed E-state index contributed by atoms with van der Waals surface area (Å²) in [6, 6.07) is 0. The van der Waals surface area contributed by atoms with E-state index >= 15 is 0 Å². The summed E-state index contributed by atoms with van der Waals surface area (Å²) in [5.74, 6) is 0. The SMILES string of the molecule is C=CC[N+]([O-])(O)CCCCC. The number of nitrogens with zero attached hydrogens (tertiary/aromatic N) is 1. The fourth-order valence-corrected chi connectivity index (χ4v) is 0.902. The van der Waals surface area contributed by atoms with Crippen molar-refractivity contribution in [3.63, 3.8) is 0 Å². The van der Waals surface area contributed by atoms with Crippen molar-refractivity contribution in [3.05, 3.63) is 17.9 Å². The van der Waals surface area contributed by atoms with E-state index < -0.39 is 4.81 Å². The molecule has 11 heavy (non-hydrogen) atoms. The van der Waals surface area contributed by atoms with Crippen LogP contribution in [0.3, 0.4) is 0 Å². The van der Waals surface area contributed by atoms with Crippen molar-refractivity contribution in [1.29, 1.82) is 0 Å². The fraction of sp³-hybridized carbons (Fsp3) is 0.750. The van der Waals surface area contributed by atoms with Gasteiger partial charge >= 0.3 is 0 Å². The molecule has 0 fully saturated rings. The van der Waals surface area contributed by atoms with Crippen LogP contribution < -0.4 is 0 Å². The maximum Gasteiger partial charge on any atom is 0.127 e. The highest BCUT2D eigenvalue weighted by molar-refractivity contribution is 4.64. The minimum absolute atomic E-state index is 0.0870. The summed E-state index contributed by atoms with van der Waals surface area (Å²) in [6.45, 7) is 5.82. The molecule has 0 aliphatic heterocycles. The molecular weight excluding hydrogens is 142 g/mol. The minimum Gasteiger partial charge on any atom is -0.598 e. The van der Waals surface area contributed by atoms with Crippen LogP contribution in [0.5, 0.6) is 0 Å². The molecule has 0 aromatic rings. The van der Waals surface area contributed by atoms with Crippen molar-refractivity contribution in [2.45, 2.75) is 26.2 Å². The van der Waals surface area contributed by atoms with Crippen LogP contribution >= 0.6 is 0 Å². The summed E-state index contributed by atoms with van der Waals surface area (Å²) in [5.41, 5.74) is 0. The highest BCUT2D eigenvalue weighted by Gasteiger charge is 2.09. The average molecular weight is 159 g/mol. The third-order valence-corrected chi connectivity index (χ3v) is 1.53. The van der Waals surface area contributed by atoms with E-state index in [2.05, 4.69) is 13.5 Å². The molecule has 0 aromatic heterocycles. The third-order valence-electron chi connectivity index (χ3n) is 1.53. The smallest absolute Gasteiger partial charge is 0.127 e. The Labute approximate surface area is 68.1 Å². The first-order valence-electron chi connectivity index (χ1n) is 4.04. The standard InChI is InChI=1S/C8H17NO2/c1-3-5-6-8-9(10,11)7-4-2/h4,10H,2-3,5-8H2,1H3. The summed E-state index contributed by atoms with van der Waals surface area (Å²) < 4.78 is 0. The van der Waals surface area contributed by atoms with Crippen molar-refractivity contribution in [2.75, 3.05) is 13.1 Å². The number of hydrogen-bond donors (Lipinski definition) is 1. The lowest BCUT2D eigenvalue weighted by Gasteiger charge is -2.32. The van der Waals surface area contributed by atoms with Gasteiger partial charge in [-0.1, -0.05) is 19.9 Å². The Morgan fingerprint density at radius 3 is 2.64 bits per heavy atom. The van der Waals surface area contributed by atoms with Gasteiger partial charge < -0.3 is 5.21 Å². The first-order chi connectivity index (χ1) is 5.12. The Hall–Kier alpha value is -0.380. The van der Waals surface area contributed by atoms with Gasteiger partial charge in [-0.2, -0.15) is 0 Å². The maximum atomic E-state index is 11.0. The van der Waals surface area contributed by atoms with Crippen LogP contribution in [0, 0.1) is 5.21 Å². The molecule has 0 rings (SSSR count). The highest BCUT2D eigenvalue weighted by atomic mass is 16.8. The zero-order chi connectivity index (χ0) is 8.74. The van der Waals surface area contributed by atoms with Crippen LogP contribution in [0.1, 0.15) is 26.2 Å². The molecule has 66 valence electrons. The fourth-order valence-electron chi connectivity index (χ4n) is 0.902. The molecule has 0 aromatic carbocycles. The Morgan fingerprint density at radius 1 is 1.55 bits per heavy atom. The molecule has 0 saturated heterocycles. The van der Waals surface area contributed by atoms with Gasteiger partial charge in [-0.05, 0) is 18.9 Å². The number of rotatable bonds is 6. The van der Waals surface area contributed by atoms with Gasteiger partial charge in [-0.3, -0.25) is 0 Å².